The second kappa shape index (κ2) is 3.42. The van der Waals surface area contributed by atoms with Gasteiger partial charge in [-0.15, -0.1) is 0 Å². The minimum Gasteiger partial charge on any atom is -0.332 e. The van der Waals surface area contributed by atoms with Crippen molar-refractivity contribution in [2.24, 2.45) is 5.73 Å². The van der Waals surface area contributed by atoms with Crippen LogP contribution < -0.4 is 5.73 Å². The predicted molar refractivity (Wildman–Crippen MR) is 54.5 cm³/mol. The van der Waals surface area contributed by atoms with Gasteiger partial charge in [0.15, 0.2) is 0 Å². The van der Waals surface area contributed by atoms with Gasteiger partial charge in [0.25, 0.3) is 0 Å². The standard InChI is InChI=1S/C11H14N2O/c1-2-13-10(9(12)11(13)14)8-6-4-3-5-7-8/h3-7,9-10H,2,12H2,1H3/t9-,10-/m0/s1. The summed E-state index contributed by atoms with van der Waals surface area (Å²) < 4.78 is 0. The minimum absolute atomic E-state index is 0.0568. The van der Waals surface area contributed by atoms with E-state index >= 15 is 0 Å². The number of β-lactam (4-membered cyclic amide) rings is 1. The molecule has 2 rings (SSSR count). The first-order valence-corrected chi connectivity index (χ1v) is 4.86. The first-order chi connectivity index (χ1) is 6.75. The van der Waals surface area contributed by atoms with Gasteiger partial charge in [-0.05, 0) is 12.5 Å². The monoisotopic (exact) mass is 190 g/mol. The largest absolute Gasteiger partial charge is 0.332 e. The van der Waals surface area contributed by atoms with E-state index in [1.807, 2.05) is 37.3 Å². The van der Waals surface area contributed by atoms with E-state index < -0.39 is 0 Å². The molecule has 1 amide bonds. The maximum Gasteiger partial charge on any atom is 0.242 e. The normalized spacial score (nSPS) is 26.1. The van der Waals surface area contributed by atoms with E-state index in [9.17, 15) is 4.79 Å². The molecule has 0 radical (unpaired) electrons. The highest BCUT2D eigenvalue weighted by Gasteiger charge is 2.44. The van der Waals surface area contributed by atoms with Crippen LogP contribution in [0.25, 0.3) is 0 Å². The maximum atomic E-state index is 11.4. The van der Waals surface area contributed by atoms with Gasteiger partial charge in [-0.25, -0.2) is 0 Å². The highest BCUT2D eigenvalue weighted by molar-refractivity contribution is 5.89. The van der Waals surface area contributed by atoms with Crippen LogP contribution in [-0.4, -0.2) is 23.4 Å². The van der Waals surface area contributed by atoms with Crippen LogP contribution in [0.5, 0.6) is 0 Å². The van der Waals surface area contributed by atoms with E-state index in [1.165, 1.54) is 0 Å². The van der Waals surface area contributed by atoms with Crippen molar-refractivity contribution in [3.05, 3.63) is 35.9 Å². The van der Waals surface area contributed by atoms with Gasteiger partial charge >= 0.3 is 0 Å². The minimum atomic E-state index is -0.350. The summed E-state index contributed by atoms with van der Waals surface area (Å²) in [5.41, 5.74) is 6.90. The van der Waals surface area contributed by atoms with Crippen molar-refractivity contribution in [3.8, 4) is 0 Å². The Labute approximate surface area is 83.5 Å². The number of likely N-dealkylation sites (tertiary alicyclic amines) is 1. The Hall–Kier alpha value is -1.35. The quantitative estimate of drug-likeness (QED) is 0.705. The summed E-state index contributed by atoms with van der Waals surface area (Å²) in [7, 11) is 0. The Bertz CT molecular complexity index is 336. The summed E-state index contributed by atoms with van der Waals surface area (Å²) in [6, 6.07) is 9.66. The number of carbonyl (C=O) groups excluding carboxylic acids is 1. The van der Waals surface area contributed by atoms with Crippen molar-refractivity contribution in [3.63, 3.8) is 0 Å². The van der Waals surface area contributed by atoms with Crippen molar-refractivity contribution in [1.82, 2.24) is 4.90 Å². The molecule has 2 atom stereocenters. The number of nitrogens with zero attached hydrogens (tertiary/aromatic N) is 1. The molecule has 1 aliphatic rings. The first kappa shape index (κ1) is 9.21. The number of rotatable bonds is 2. The van der Waals surface area contributed by atoms with Crippen LogP contribution in [0, 0.1) is 0 Å². The average molecular weight is 190 g/mol. The Morgan fingerprint density at radius 2 is 2.00 bits per heavy atom. The van der Waals surface area contributed by atoms with E-state index in [1.54, 1.807) is 4.90 Å². The predicted octanol–water partition coefficient (Wildman–Crippen LogP) is 0.917. The molecule has 74 valence electrons. The summed E-state index contributed by atoms with van der Waals surface area (Å²) >= 11 is 0. The van der Waals surface area contributed by atoms with Crippen LogP contribution in [0.15, 0.2) is 30.3 Å². The lowest BCUT2D eigenvalue weighted by Gasteiger charge is -2.45. The molecule has 2 N–H and O–H groups in total. The molecule has 0 unspecified atom stereocenters. The van der Waals surface area contributed by atoms with Gasteiger partial charge in [0.1, 0.15) is 6.04 Å². The zero-order valence-corrected chi connectivity index (χ0v) is 8.18. The molecule has 3 nitrogen and oxygen atoms in total. The summed E-state index contributed by atoms with van der Waals surface area (Å²) in [6.45, 7) is 2.70. The Morgan fingerprint density at radius 1 is 1.36 bits per heavy atom. The van der Waals surface area contributed by atoms with Crippen molar-refractivity contribution in [2.45, 2.75) is 19.0 Å². The zero-order valence-electron chi connectivity index (χ0n) is 8.18. The van der Waals surface area contributed by atoms with Gasteiger partial charge in [-0.3, -0.25) is 4.79 Å². The van der Waals surface area contributed by atoms with Crippen LogP contribution in [0.1, 0.15) is 18.5 Å². The van der Waals surface area contributed by atoms with Gasteiger partial charge in [-0.2, -0.15) is 0 Å². The van der Waals surface area contributed by atoms with Crippen LogP contribution in [-0.2, 0) is 4.79 Å². The molecule has 0 aromatic heterocycles. The highest BCUT2D eigenvalue weighted by Crippen LogP contribution is 2.32. The fraction of sp³-hybridized carbons (Fsp3) is 0.364. The summed E-state index contributed by atoms with van der Waals surface area (Å²) in [4.78, 5) is 13.2. The lowest BCUT2D eigenvalue weighted by Crippen LogP contribution is -2.62. The van der Waals surface area contributed by atoms with Crippen LogP contribution >= 0.6 is 0 Å². The topological polar surface area (TPSA) is 46.3 Å². The molecule has 1 aromatic carbocycles. The Morgan fingerprint density at radius 3 is 2.57 bits per heavy atom. The number of hydrogen-bond donors (Lipinski definition) is 1. The van der Waals surface area contributed by atoms with Crippen molar-refractivity contribution in [2.75, 3.05) is 6.54 Å². The summed E-state index contributed by atoms with van der Waals surface area (Å²) in [6.07, 6.45) is 0. The fourth-order valence-corrected chi connectivity index (χ4v) is 1.97. The van der Waals surface area contributed by atoms with Gasteiger partial charge in [-0.1, -0.05) is 30.3 Å². The van der Waals surface area contributed by atoms with Crippen molar-refractivity contribution in [1.29, 1.82) is 0 Å². The molecule has 14 heavy (non-hydrogen) atoms. The molecule has 0 bridgehead atoms. The molecular formula is C11H14N2O. The third-order valence-electron chi connectivity index (χ3n) is 2.73. The van der Waals surface area contributed by atoms with E-state index in [4.69, 9.17) is 5.73 Å². The number of hydrogen-bond acceptors (Lipinski definition) is 2. The Balaban J connectivity index is 2.23. The fourth-order valence-electron chi connectivity index (χ4n) is 1.97. The molecular weight excluding hydrogens is 176 g/mol. The molecule has 0 aliphatic carbocycles. The van der Waals surface area contributed by atoms with E-state index in [0.717, 1.165) is 12.1 Å². The third kappa shape index (κ3) is 1.21. The van der Waals surface area contributed by atoms with Crippen molar-refractivity contribution >= 4 is 5.91 Å². The molecule has 1 aromatic rings. The average Bonchev–Trinajstić information content (AvgIpc) is 2.25. The summed E-state index contributed by atoms with van der Waals surface area (Å²) in [5, 5.41) is 0. The second-order valence-electron chi connectivity index (χ2n) is 3.51. The van der Waals surface area contributed by atoms with Crippen molar-refractivity contribution < 1.29 is 4.79 Å². The molecule has 0 spiro atoms. The maximum absolute atomic E-state index is 11.4. The number of benzene rings is 1. The number of amides is 1. The van der Waals surface area contributed by atoms with E-state index in [-0.39, 0.29) is 18.0 Å². The number of likely N-dealkylation sites (N-methyl/N-ethyl adjacent to an activating group) is 1. The number of nitrogens with two attached hydrogens (primary N) is 1. The number of carbonyl (C=O) groups is 1. The zero-order chi connectivity index (χ0) is 10.1. The third-order valence-corrected chi connectivity index (χ3v) is 2.73. The van der Waals surface area contributed by atoms with Gasteiger partial charge < -0.3 is 10.6 Å². The smallest absolute Gasteiger partial charge is 0.242 e. The Kier molecular flexibility index (Phi) is 2.25. The van der Waals surface area contributed by atoms with Gasteiger partial charge in [0.05, 0.1) is 6.04 Å². The SMILES string of the molecule is CCN1C(=O)[C@@H](N)[C@@H]1c1ccccc1. The van der Waals surface area contributed by atoms with Gasteiger partial charge in [0.2, 0.25) is 5.91 Å². The second-order valence-corrected chi connectivity index (χ2v) is 3.51. The van der Waals surface area contributed by atoms with Gasteiger partial charge in [0, 0.05) is 6.54 Å². The molecule has 0 saturated carbocycles. The van der Waals surface area contributed by atoms with E-state index in [2.05, 4.69) is 0 Å². The molecule has 1 aliphatic heterocycles. The lowest BCUT2D eigenvalue weighted by atomic mass is 9.89. The molecule has 1 heterocycles. The van der Waals surface area contributed by atoms with Crippen LogP contribution in [0.2, 0.25) is 0 Å². The summed E-state index contributed by atoms with van der Waals surface area (Å²) in [5.74, 6) is 0.0568. The molecule has 1 fully saturated rings. The molecule has 1 saturated heterocycles. The first-order valence-electron chi connectivity index (χ1n) is 4.86. The molecule has 3 heteroatoms. The van der Waals surface area contributed by atoms with E-state index in [0.29, 0.717) is 0 Å². The highest BCUT2D eigenvalue weighted by atomic mass is 16.2. The van der Waals surface area contributed by atoms with Crippen LogP contribution in [0.3, 0.4) is 0 Å². The van der Waals surface area contributed by atoms with Crippen LogP contribution in [0.4, 0.5) is 0 Å². The lowest BCUT2D eigenvalue weighted by molar-refractivity contribution is -0.149.